The van der Waals surface area contributed by atoms with Crippen LogP contribution in [0.3, 0.4) is 0 Å². The van der Waals surface area contributed by atoms with Gasteiger partial charge in [0, 0.05) is 11.4 Å². The van der Waals surface area contributed by atoms with Gasteiger partial charge < -0.3 is 14.8 Å². The van der Waals surface area contributed by atoms with E-state index in [9.17, 15) is 4.79 Å². The van der Waals surface area contributed by atoms with E-state index in [4.69, 9.17) is 32.7 Å². The average Bonchev–Trinajstić information content (AvgIpc) is 2.94. The zero-order valence-electron chi connectivity index (χ0n) is 21.2. The first kappa shape index (κ1) is 26.0. The number of hydrogen-bond donors (Lipinski definition) is 1. The van der Waals surface area contributed by atoms with E-state index in [1.165, 1.54) is 5.56 Å². The molecule has 0 fully saturated rings. The van der Waals surface area contributed by atoms with E-state index in [-0.39, 0.29) is 5.91 Å². The van der Waals surface area contributed by atoms with Crippen molar-refractivity contribution in [2.45, 2.75) is 33.0 Å². The Kier molecular flexibility index (Phi) is 7.77. The number of rotatable bonds is 8. The third-order valence-electron chi connectivity index (χ3n) is 6.51. The van der Waals surface area contributed by atoms with Crippen molar-refractivity contribution in [2.75, 3.05) is 16.8 Å². The van der Waals surface area contributed by atoms with Crippen LogP contribution in [-0.4, -0.2) is 12.5 Å². The van der Waals surface area contributed by atoms with Gasteiger partial charge in [-0.2, -0.15) is 0 Å². The maximum absolute atomic E-state index is 13.8. The number of anilines is 2. The number of carbonyl (C=O) groups is 1. The second-order valence-corrected chi connectivity index (χ2v) is 9.78. The SMILES string of the molecule is CCOc1cc([C@@H]2Nc3ccccc3C(=O)N2c2ccc(CC)cc2)ccc1OCc1ccc(Cl)c(Cl)c1. The van der Waals surface area contributed by atoms with Crippen molar-refractivity contribution in [3.8, 4) is 11.5 Å². The Bertz CT molecular complexity index is 1460. The summed E-state index contributed by atoms with van der Waals surface area (Å²) in [6.45, 7) is 4.81. The number of para-hydroxylation sites is 1. The van der Waals surface area contributed by atoms with Crippen molar-refractivity contribution in [2.24, 2.45) is 0 Å². The normalized spacial score (nSPS) is 14.6. The highest BCUT2D eigenvalue weighted by molar-refractivity contribution is 6.42. The molecule has 1 N–H and O–H groups in total. The smallest absolute Gasteiger partial charge is 0.262 e. The van der Waals surface area contributed by atoms with Crippen LogP contribution in [-0.2, 0) is 13.0 Å². The molecule has 4 aromatic carbocycles. The van der Waals surface area contributed by atoms with Gasteiger partial charge in [0.25, 0.3) is 5.91 Å². The van der Waals surface area contributed by atoms with Crippen molar-refractivity contribution < 1.29 is 14.3 Å². The van der Waals surface area contributed by atoms with E-state index in [1.807, 2.05) is 67.6 Å². The number of fused-ring (bicyclic) bond motifs is 1. The minimum absolute atomic E-state index is 0.0634. The van der Waals surface area contributed by atoms with Crippen LogP contribution in [0.1, 0.15) is 47.1 Å². The third kappa shape index (κ3) is 5.31. The van der Waals surface area contributed by atoms with Gasteiger partial charge in [-0.1, -0.05) is 66.5 Å². The van der Waals surface area contributed by atoms with Crippen molar-refractivity contribution in [3.63, 3.8) is 0 Å². The van der Waals surface area contributed by atoms with Gasteiger partial charge in [0.2, 0.25) is 0 Å². The number of ether oxygens (including phenoxy) is 2. The number of carbonyl (C=O) groups excluding carboxylic acids is 1. The summed E-state index contributed by atoms with van der Waals surface area (Å²) in [5, 5.41) is 4.54. The van der Waals surface area contributed by atoms with Crippen LogP contribution in [0, 0.1) is 0 Å². The Morgan fingerprint density at radius 2 is 1.58 bits per heavy atom. The summed E-state index contributed by atoms with van der Waals surface area (Å²) in [5.74, 6) is 1.13. The molecule has 1 heterocycles. The molecule has 0 aromatic heterocycles. The Balaban J connectivity index is 1.49. The lowest BCUT2D eigenvalue weighted by molar-refractivity contribution is 0.0975. The molecule has 5 rings (SSSR count). The van der Waals surface area contributed by atoms with E-state index in [2.05, 4.69) is 24.4 Å². The van der Waals surface area contributed by atoms with Crippen LogP contribution in [0.15, 0.2) is 84.9 Å². The third-order valence-corrected chi connectivity index (χ3v) is 7.25. The minimum atomic E-state index is -0.437. The van der Waals surface area contributed by atoms with Crippen LogP contribution in [0.4, 0.5) is 11.4 Å². The van der Waals surface area contributed by atoms with Gasteiger partial charge in [-0.3, -0.25) is 9.69 Å². The molecule has 1 aliphatic heterocycles. The van der Waals surface area contributed by atoms with Gasteiger partial charge in [0.05, 0.1) is 22.2 Å². The second kappa shape index (κ2) is 11.4. The summed E-state index contributed by atoms with van der Waals surface area (Å²) >= 11 is 12.2. The first-order valence-electron chi connectivity index (χ1n) is 12.6. The number of hydrogen-bond acceptors (Lipinski definition) is 4. The fraction of sp³-hybridized carbons (Fsp3) is 0.194. The lowest BCUT2D eigenvalue weighted by Gasteiger charge is -2.38. The minimum Gasteiger partial charge on any atom is -0.490 e. The van der Waals surface area contributed by atoms with Crippen LogP contribution >= 0.6 is 23.2 Å². The Hall–Kier alpha value is -3.67. The predicted octanol–water partition coefficient (Wildman–Crippen LogP) is 8.30. The summed E-state index contributed by atoms with van der Waals surface area (Å²) in [5.41, 5.74) is 5.22. The fourth-order valence-electron chi connectivity index (χ4n) is 4.52. The molecular weight excluding hydrogens is 519 g/mol. The van der Waals surface area contributed by atoms with E-state index in [0.717, 1.165) is 28.9 Å². The Morgan fingerprint density at radius 1 is 0.816 bits per heavy atom. The summed E-state index contributed by atoms with van der Waals surface area (Å²) < 4.78 is 12.1. The zero-order valence-corrected chi connectivity index (χ0v) is 22.7. The number of nitrogens with zero attached hydrogens (tertiary/aromatic N) is 1. The van der Waals surface area contributed by atoms with Crippen molar-refractivity contribution >= 4 is 40.5 Å². The molecule has 194 valence electrons. The highest BCUT2D eigenvalue weighted by Crippen LogP contribution is 2.39. The molecule has 0 radical (unpaired) electrons. The number of nitrogens with one attached hydrogen (secondary N) is 1. The predicted molar refractivity (Wildman–Crippen MR) is 154 cm³/mol. The highest BCUT2D eigenvalue weighted by atomic mass is 35.5. The lowest BCUT2D eigenvalue weighted by Crippen LogP contribution is -2.43. The molecule has 1 atom stereocenters. The molecule has 0 unspecified atom stereocenters. The Labute approximate surface area is 232 Å². The molecule has 1 amide bonds. The maximum atomic E-state index is 13.8. The summed E-state index contributed by atoms with van der Waals surface area (Å²) in [6.07, 6.45) is 0.494. The van der Waals surface area contributed by atoms with Gasteiger partial charge in [-0.15, -0.1) is 0 Å². The van der Waals surface area contributed by atoms with E-state index >= 15 is 0 Å². The monoisotopic (exact) mass is 546 g/mol. The molecule has 4 aromatic rings. The molecule has 0 spiro atoms. The molecule has 0 bridgehead atoms. The van der Waals surface area contributed by atoms with E-state index in [1.54, 1.807) is 17.0 Å². The first-order valence-corrected chi connectivity index (χ1v) is 13.4. The van der Waals surface area contributed by atoms with Crippen molar-refractivity contribution in [1.82, 2.24) is 0 Å². The van der Waals surface area contributed by atoms with Gasteiger partial charge >= 0.3 is 0 Å². The summed E-state index contributed by atoms with van der Waals surface area (Å²) in [4.78, 5) is 15.5. The van der Waals surface area contributed by atoms with Gasteiger partial charge in [-0.25, -0.2) is 0 Å². The van der Waals surface area contributed by atoms with E-state index in [0.29, 0.717) is 40.3 Å². The summed E-state index contributed by atoms with van der Waals surface area (Å²) in [7, 11) is 0. The molecule has 7 heteroatoms. The topological polar surface area (TPSA) is 50.8 Å². The van der Waals surface area contributed by atoms with Gasteiger partial charge in [0.1, 0.15) is 12.8 Å². The average molecular weight is 547 g/mol. The first-order chi connectivity index (χ1) is 18.5. The fourth-order valence-corrected chi connectivity index (χ4v) is 4.84. The van der Waals surface area contributed by atoms with Crippen LogP contribution in [0.25, 0.3) is 0 Å². The zero-order chi connectivity index (χ0) is 26.6. The molecule has 38 heavy (non-hydrogen) atoms. The van der Waals surface area contributed by atoms with Crippen LogP contribution < -0.4 is 19.7 Å². The van der Waals surface area contributed by atoms with E-state index < -0.39 is 6.17 Å². The molecule has 1 aliphatic rings. The molecule has 5 nitrogen and oxygen atoms in total. The summed E-state index contributed by atoms with van der Waals surface area (Å²) in [6, 6.07) is 26.9. The largest absolute Gasteiger partial charge is 0.490 e. The van der Waals surface area contributed by atoms with Gasteiger partial charge in [-0.05, 0) is 78.6 Å². The number of aryl methyl sites for hydroxylation is 1. The quantitative estimate of drug-likeness (QED) is 0.241. The Morgan fingerprint density at radius 3 is 2.32 bits per heavy atom. The number of amides is 1. The number of halogens is 2. The lowest BCUT2D eigenvalue weighted by atomic mass is 10.0. The maximum Gasteiger partial charge on any atom is 0.262 e. The van der Waals surface area contributed by atoms with Crippen molar-refractivity contribution in [3.05, 3.63) is 117 Å². The van der Waals surface area contributed by atoms with Crippen LogP contribution in [0.5, 0.6) is 11.5 Å². The molecular formula is C31H28Cl2N2O3. The second-order valence-electron chi connectivity index (χ2n) is 8.96. The molecule has 0 saturated heterocycles. The number of benzene rings is 4. The highest BCUT2D eigenvalue weighted by Gasteiger charge is 2.34. The molecule has 0 saturated carbocycles. The standard InChI is InChI=1S/C31H28Cl2N2O3/c1-3-20-9-13-23(14-10-20)35-30(34-27-8-6-5-7-24(27)31(35)36)22-12-16-28(29(18-22)37-4-2)38-19-21-11-15-25(32)26(33)17-21/h5-18,30,34H,3-4,19H2,1-2H3/t30-/m1/s1. The van der Waals surface area contributed by atoms with Crippen LogP contribution in [0.2, 0.25) is 10.0 Å². The molecule has 0 aliphatic carbocycles. The van der Waals surface area contributed by atoms with Crippen molar-refractivity contribution in [1.29, 1.82) is 0 Å². The van der Waals surface area contributed by atoms with Gasteiger partial charge in [0.15, 0.2) is 11.5 Å².